The summed E-state index contributed by atoms with van der Waals surface area (Å²) in [5.41, 5.74) is 5.54. The lowest BCUT2D eigenvalue weighted by Crippen LogP contribution is -2.46. The average molecular weight is 495 g/mol. The number of hydrazine groups is 1. The van der Waals surface area contributed by atoms with Gasteiger partial charge in [0, 0.05) is 18.7 Å². The minimum atomic E-state index is -3.57. The quantitative estimate of drug-likeness (QED) is 0.432. The van der Waals surface area contributed by atoms with Crippen LogP contribution in [0.3, 0.4) is 0 Å². The van der Waals surface area contributed by atoms with E-state index in [1.807, 2.05) is 42.5 Å². The van der Waals surface area contributed by atoms with E-state index >= 15 is 0 Å². The van der Waals surface area contributed by atoms with Crippen LogP contribution in [0.5, 0.6) is 0 Å². The van der Waals surface area contributed by atoms with Gasteiger partial charge in [-0.05, 0) is 53.4 Å². The van der Waals surface area contributed by atoms with E-state index < -0.39 is 21.8 Å². The number of hydrogen-bond donors (Lipinski definition) is 3. The first-order valence-corrected chi connectivity index (χ1v) is 12.7. The lowest BCUT2D eigenvalue weighted by atomic mass is 10.0. The molecule has 3 aromatic carbocycles. The minimum absolute atomic E-state index is 0.119. The molecule has 9 nitrogen and oxygen atoms in total. The first-order valence-electron chi connectivity index (χ1n) is 11.3. The molecule has 182 valence electrons. The van der Waals surface area contributed by atoms with E-state index in [9.17, 15) is 22.8 Å². The number of fused-ring (bicyclic) bond motifs is 1. The zero-order valence-electron chi connectivity index (χ0n) is 19.0. The molecule has 0 spiro atoms. The Balaban J connectivity index is 1.24. The number of benzene rings is 3. The van der Waals surface area contributed by atoms with Gasteiger partial charge in [0.25, 0.3) is 11.8 Å². The molecular formula is C25H26N4O5S. The fraction of sp³-hybridized carbons (Fsp3) is 0.240. The molecule has 1 heterocycles. The monoisotopic (exact) mass is 494 g/mol. The fourth-order valence-corrected chi connectivity index (χ4v) is 5.48. The number of nitrogens with zero attached hydrogens (tertiary/aromatic N) is 1. The number of nitrogens with one attached hydrogen (secondary N) is 3. The lowest BCUT2D eigenvalue weighted by Gasteiger charge is -2.15. The molecule has 1 fully saturated rings. The topological polar surface area (TPSA) is 125 Å². The Hall–Kier alpha value is -3.76. The van der Waals surface area contributed by atoms with E-state index in [4.69, 9.17) is 0 Å². The van der Waals surface area contributed by atoms with Gasteiger partial charge in [0.1, 0.15) is 0 Å². The molecule has 4 rings (SSSR count). The van der Waals surface area contributed by atoms with Crippen molar-refractivity contribution in [2.75, 3.05) is 19.6 Å². The molecule has 3 N–H and O–H groups in total. The van der Waals surface area contributed by atoms with E-state index in [0.717, 1.165) is 29.2 Å². The van der Waals surface area contributed by atoms with Gasteiger partial charge in [0.05, 0.1) is 17.9 Å². The number of hydrogen-bond acceptors (Lipinski definition) is 5. The minimum Gasteiger partial charge on any atom is -0.347 e. The zero-order chi connectivity index (χ0) is 24.8. The van der Waals surface area contributed by atoms with Crippen LogP contribution in [0.15, 0.2) is 71.6 Å². The van der Waals surface area contributed by atoms with Crippen molar-refractivity contribution in [3.63, 3.8) is 0 Å². The van der Waals surface area contributed by atoms with Crippen LogP contribution >= 0.6 is 0 Å². The highest BCUT2D eigenvalue weighted by molar-refractivity contribution is 7.89. The Morgan fingerprint density at radius 3 is 2.23 bits per heavy atom. The van der Waals surface area contributed by atoms with Crippen molar-refractivity contribution in [3.05, 3.63) is 77.9 Å². The van der Waals surface area contributed by atoms with Crippen molar-refractivity contribution in [1.29, 1.82) is 0 Å². The van der Waals surface area contributed by atoms with Crippen molar-refractivity contribution >= 4 is 38.5 Å². The smallest absolute Gasteiger partial charge is 0.269 e. The number of carbonyl (C=O) groups is 3. The molecular weight excluding hydrogens is 468 g/mol. The van der Waals surface area contributed by atoms with Crippen LogP contribution < -0.4 is 16.2 Å². The highest BCUT2D eigenvalue weighted by atomic mass is 32.2. The highest BCUT2D eigenvalue weighted by Gasteiger charge is 2.27. The molecule has 35 heavy (non-hydrogen) atoms. The lowest BCUT2D eigenvalue weighted by molar-refractivity contribution is -0.126. The Morgan fingerprint density at radius 2 is 1.49 bits per heavy atom. The van der Waals surface area contributed by atoms with E-state index in [2.05, 4.69) is 16.2 Å². The summed E-state index contributed by atoms with van der Waals surface area (Å²) in [6, 6.07) is 19.0. The fourth-order valence-electron chi connectivity index (χ4n) is 3.96. The van der Waals surface area contributed by atoms with Gasteiger partial charge in [-0.2, -0.15) is 4.31 Å². The zero-order valence-corrected chi connectivity index (χ0v) is 19.8. The predicted molar refractivity (Wildman–Crippen MR) is 131 cm³/mol. The molecule has 1 aliphatic rings. The summed E-state index contributed by atoms with van der Waals surface area (Å²) in [6.07, 6.45) is 1.79. The van der Waals surface area contributed by atoms with E-state index in [1.54, 1.807) is 0 Å². The second-order valence-corrected chi connectivity index (χ2v) is 10.2. The van der Waals surface area contributed by atoms with Gasteiger partial charge >= 0.3 is 0 Å². The third-order valence-electron chi connectivity index (χ3n) is 5.81. The molecule has 1 saturated heterocycles. The van der Waals surface area contributed by atoms with Gasteiger partial charge in [-0.3, -0.25) is 25.2 Å². The van der Waals surface area contributed by atoms with Crippen molar-refractivity contribution in [2.45, 2.75) is 24.2 Å². The van der Waals surface area contributed by atoms with Crippen molar-refractivity contribution in [1.82, 2.24) is 20.5 Å². The largest absolute Gasteiger partial charge is 0.347 e. The van der Waals surface area contributed by atoms with Crippen LogP contribution in [0, 0.1) is 0 Å². The van der Waals surface area contributed by atoms with Gasteiger partial charge in [0.2, 0.25) is 15.9 Å². The van der Waals surface area contributed by atoms with Crippen LogP contribution in [0.25, 0.3) is 10.8 Å². The Bertz CT molecular complexity index is 1340. The standard InChI is InChI=1S/C25H26N4O5S/c30-23(16-20-8-5-7-18-6-1-2-9-22(18)20)26-17-24(31)27-28-25(32)19-10-12-21(13-11-19)35(33,34)29-14-3-4-15-29/h1-2,5-13H,3-4,14-17H2,(H,26,30)(H,27,31)(H,28,32). The van der Waals surface area contributed by atoms with Crippen LogP contribution in [0.4, 0.5) is 0 Å². The first-order chi connectivity index (χ1) is 16.8. The third kappa shape index (κ3) is 5.84. The molecule has 0 bridgehead atoms. The summed E-state index contributed by atoms with van der Waals surface area (Å²) in [7, 11) is -3.57. The molecule has 0 aromatic heterocycles. The Morgan fingerprint density at radius 1 is 0.800 bits per heavy atom. The van der Waals surface area contributed by atoms with Crippen LogP contribution in [0.2, 0.25) is 0 Å². The summed E-state index contributed by atoms with van der Waals surface area (Å²) in [4.78, 5) is 36.8. The molecule has 0 saturated carbocycles. The van der Waals surface area contributed by atoms with E-state index in [-0.39, 0.29) is 29.3 Å². The number of carbonyl (C=O) groups excluding carboxylic acids is 3. The molecule has 3 amide bonds. The second-order valence-electron chi connectivity index (χ2n) is 8.23. The average Bonchev–Trinajstić information content (AvgIpc) is 3.42. The molecule has 1 aliphatic heterocycles. The van der Waals surface area contributed by atoms with Crippen molar-refractivity contribution in [3.8, 4) is 0 Å². The molecule has 3 aromatic rings. The summed E-state index contributed by atoms with van der Waals surface area (Å²) in [6.45, 7) is 0.682. The third-order valence-corrected chi connectivity index (χ3v) is 7.72. The van der Waals surface area contributed by atoms with E-state index in [1.165, 1.54) is 28.6 Å². The van der Waals surface area contributed by atoms with Gasteiger partial charge in [-0.25, -0.2) is 8.42 Å². The Kier molecular flexibility index (Phi) is 7.42. The summed E-state index contributed by atoms with van der Waals surface area (Å²) in [5.74, 6) is -1.53. The van der Waals surface area contributed by atoms with Gasteiger partial charge in [0.15, 0.2) is 0 Å². The van der Waals surface area contributed by atoms with Crippen LogP contribution in [-0.2, 0) is 26.0 Å². The number of amides is 3. The summed E-state index contributed by atoms with van der Waals surface area (Å²) >= 11 is 0. The van der Waals surface area contributed by atoms with Crippen LogP contribution in [-0.4, -0.2) is 50.1 Å². The molecule has 0 radical (unpaired) electrons. The SMILES string of the molecule is O=C(Cc1cccc2ccccc12)NCC(=O)NNC(=O)c1ccc(S(=O)(=O)N2CCCC2)cc1. The molecule has 0 atom stereocenters. The molecule has 10 heteroatoms. The number of rotatable bonds is 7. The van der Waals surface area contributed by atoms with Crippen molar-refractivity contribution < 1.29 is 22.8 Å². The Labute approximate surface area is 203 Å². The predicted octanol–water partition coefficient (Wildman–Crippen LogP) is 1.74. The second kappa shape index (κ2) is 10.7. The van der Waals surface area contributed by atoms with Gasteiger partial charge < -0.3 is 5.32 Å². The maximum Gasteiger partial charge on any atom is 0.269 e. The number of sulfonamides is 1. The van der Waals surface area contributed by atoms with Crippen molar-refractivity contribution in [2.24, 2.45) is 0 Å². The van der Waals surface area contributed by atoms with E-state index in [0.29, 0.717) is 13.1 Å². The van der Waals surface area contributed by atoms with Gasteiger partial charge in [-0.15, -0.1) is 0 Å². The highest BCUT2D eigenvalue weighted by Crippen LogP contribution is 2.21. The van der Waals surface area contributed by atoms with Gasteiger partial charge in [-0.1, -0.05) is 42.5 Å². The normalized spacial score (nSPS) is 13.9. The maximum atomic E-state index is 12.6. The maximum absolute atomic E-state index is 12.6. The first kappa shape index (κ1) is 24.4. The van der Waals surface area contributed by atoms with Crippen LogP contribution in [0.1, 0.15) is 28.8 Å². The molecule has 0 aliphatic carbocycles. The molecule has 0 unspecified atom stereocenters. The summed E-state index contributed by atoms with van der Waals surface area (Å²) < 4.78 is 26.6. The summed E-state index contributed by atoms with van der Waals surface area (Å²) in [5, 5.41) is 4.54.